The molecule has 2 aliphatic rings. The molecule has 232 valence electrons. The highest BCUT2D eigenvalue weighted by Gasteiger charge is 2.30. The Morgan fingerprint density at radius 2 is 1.95 bits per heavy atom. The van der Waals surface area contributed by atoms with Crippen molar-refractivity contribution >= 4 is 41.0 Å². The Hall–Kier alpha value is -4.91. The van der Waals surface area contributed by atoms with Crippen LogP contribution in [0, 0.1) is 16.7 Å². The van der Waals surface area contributed by atoms with Crippen LogP contribution in [0.5, 0.6) is 5.75 Å². The van der Waals surface area contributed by atoms with Crippen LogP contribution >= 0.6 is 0 Å². The molecule has 2 aromatic rings. The number of benzene rings is 1. The number of likely N-dealkylation sites (tertiary alicyclic amines) is 1. The maximum atomic E-state index is 13.6. The van der Waals surface area contributed by atoms with Crippen molar-refractivity contribution in [2.24, 2.45) is 16.6 Å². The van der Waals surface area contributed by atoms with E-state index in [-0.39, 0.29) is 29.4 Å². The summed E-state index contributed by atoms with van der Waals surface area (Å²) in [5.74, 6) is -0.946. The smallest absolute Gasteiger partial charge is 0.271 e. The zero-order valence-corrected chi connectivity index (χ0v) is 25.0. The SMILES string of the molecule is CNC(=O)C(=N)/C(=C\C(=N)NC(=O)C1CC1)Nc1cccc(C(N)=CC=NC2CN(Cc3cccc(C(C)F)n3)C2)c1OC. The summed E-state index contributed by atoms with van der Waals surface area (Å²) >= 11 is 0. The Balaban J connectivity index is 1.43. The van der Waals surface area contributed by atoms with Crippen LogP contribution in [0.2, 0.25) is 0 Å². The molecule has 2 heterocycles. The molecule has 4 rings (SSSR count). The number of amidine groups is 1. The molecule has 1 aliphatic heterocycles. The van der Waals surface area contributed by atoms with Crippen molar-refractivity contribution in [1.82, 2.24) is 20.5 Å². The number of carbonyl (C=O) groups is 2. The molecule has 1 saturated carbocycles. The van der Waals surface area contributed by atoms with Gasteiger partial charge in [-0.15, -0.1) is 0 Å². The first-order chi connectivity index (χ1) is 21.1. The van der Waals surface area contributed by atoms with Crippen molar-refractivity contribution in [1.29, 1.82) is 10.8 Å². The van der Waals surface area contributed by atoms with E-state index in [0.29, 0.717) is 34.9 Å². The normalized spacial score (nSPS) is 16.6. The first kappa shape index (κ1) is 32.0. The topological polar surface area (TPSA) is 182 Å². The highest BCUT2D eigenvalue weighted by Crippen LogP contribution is 2.33. The number of alkyl halides is 1. The summed E-state index contributed by atoms with van der Waals surface area (Å²) in [6, 6.07) is 10.7. The summed E-state index contributed by atoms with van der Waals surface area (Å²) in [5, 5.41) is 24.4. The average Bonchev–Trinajstić information content (AvgIpc) is 3.84. The monoisotopic (exact) mass is 603 g/mol. The number of amides is 2. The van der Waals surface area contributed by atoms with Gasteiger partial charge in [0.1, 0.15) is 17.7 Å². The molecular formula is C31H38FN9O3. The number of hydrogen-bond donors (Lipinski definition) is 6. The van der Waals surface area contributed by atoms with Gasteiger partial charge >= 0.3 is 0 Å². The number of rotatable bonds is 13. The average molecular weight is 604 g/mol. The maximum Gasteiger partial charge on any atom is 0.271 e. The molecule has 13 heteroatoms. The van der Waals surface area contributed by atoms with E-state index >= 15 is 0 Å². The van der Waals surface area contributed by atoms with Gasteiger partial charge in [-0.05, 0) is 50.1 Å². The van der Waals surface area contributed by atoms with Crippen LogP contribution < -0.4 is 26.4 Å². The number of carbonyl (C=O) groups excluding carboxylic acids is 2. The van der Waals surface area contributed by atoms with Crippen LogP contribution in [0.15, 0.2) is 59.2 Å². The van der Waals surface area contributed by atoms with Gasteiger partial charge in [0.25, 0.3) is 5.91 Å². The number of pyridine rings is 1. The van der Waals surface area contributed by atoms with Crippen molar-refractivity contribution in [2.45, 2.75) is 38.5 Å². The van der Waals surface area contributed by atoms with E-state index < -0.39 is 17.8 Å². The predicted molar refractivity (Wildman–Crippen MR) is 169 cm³/mol. The predicted octanol–water partition coefficient (Wildman–Crippen LogP) is 2.94. The number of anilines is 1. The molecule has 1 unspecified atom stereocenters. The third-order valence-electron chi connectivity index (χ3n) is 7.13. The van der Waals surface area contributed by atoms with Crippen LogP contribution in [-0.4, -0.2) is 72.7 Å². The molecule has 0 radical (unpaired) electrons. The number of aliphatic imine (C=N–C) groups is 1. The highest BCUT2D eigenvalue weighted by atomic mass is 19.1. The van der Waals surface area contributed by atoms with Crippen LogP contribution in [-0.2, 0) is 16.1 Å². The number of ether oxygens (including phenoxy) is 1. The van der Waals surface area contributed by atoms with Crippen LogP contribution in [0.3, 0.4) is 0 Å². The van der Waals surface area contributed by atoms with Crippen molar-refractivity contribution in [2.75, 3.05) is 32.6 Å². The molecule has 1 saturated heterocycles. The number of nitrogens with zero attached hydrogens (tertiary/aromatic N) is 3. The van der Waals surface area contributed by atoms with E-state index in [1.807, 2.05) is 12.1 Å². The number of halogens is 1. The minimum absolute atomic E-state index is 0.0133. The summed E-state index contributed by atoms with van der Waals surface area (Å²) in [6.45, 7) is 3.59. The number of allylic oxidation sites excluding steroid dienone is 1. The second-order valence-corrected chi connectivity index (χ2v) is 10.6. The minimum Gasteiger partial charge on any atom is -0.494 e. The van der Waals surface area contributed by atoms with Gasteiger partial charge in [-0.3, -0.25) is 35.3 Å². The molecule has 44 heavy (non-hydrogen) atoms. The fourth-order valence-electron chi connectivity index (χ4n) is 4.54. The number of aromatic nitrogens is 1. The first-order valence-electron chi connectivity index (χ1n) is 14.3. The van der Waals surface area contributed by atoms with Gasteiger partial charge in [-0.1, -0.05) is 12.1 Å². The lowest BCUT2D eigenvalue weighted by molar-refractivity contribution is -0.120. The Bertz CT molecular complexity index is 1510. The van der Waals surface area contributed by atoms with E-state index in [4.69, 9.17) is 21.3 Å². The van der Waals surface area contributed by atoms with Gasteiger partial charge in [0, 0.05) is 56.2 Å². The molecule has 7 N–H and O–H groups in total. The summed E-state index contributed by atoms with van der Waals surface area (Å²) in [6.07, 6.45) is 4.98. The molecule has 12 nitrogen and oxygen atoms in total. The molecule has 2 fully saturated rings. The number of methoxy groups -OCH3 is 1. The van der Waals surface area contributed by atoms with Gasteiger partial charge in [0.15, 0.2) is 5.75 Å². The molecule has 1 aromatic heterocycles. The number of para-hydroxylation sites is 1. The summed E-state index contributed by atoms with van der Waals surface area (Å²) in [4.78, 5) is 35.5. The zero-order chi connectivity index (χ0) is 31.8. The fourth-order valence-corrected chi connectivity index (χ4v) is 4.54. The molecule has 0 bridgehead atoms. The zero-order valence-electron chi connectivity index (χ0n) is 25.0. The lowest BCUT2D eigenvalue weighted by Gasteiger charge is -2.36. The van der Waals surface area contributed by atoms with Gasteiger partial charge in [0.05, 0.1) is 35.9 Å². The standard InChI is InChI=1S/C31H38FN9O3/c1-18(32)24-8-4-6-20(38-24)15-41-16-21(17-41)37-13-12-23(33)22-7-5-9-25(29(22)44-3)39-26(28(35)31(43)36-2)14-27(34)40-30(42)19-10-11-19/h4-9,12-14,18-19,21,35,39H,10-11,15-17,33H2,1-3H3,(H,36,43)(H2,34,40,42)/b23-12?,26-14+,35-28?,37-13?. The minimum atomic E-state index is -1.11. The van der Waals surface area contributed by atoms with Crippen molar-refractivity contribution in [3.8, 4) is 5.75 Å². The molecule has 1 atom stereocenters. The lowest BCUT2D eigenvalue weighted by Crippen LogP contribution is -2.49. The summed E-state index contributed by atoms with van der Waals surface area (Å²) in [7, 11) is 2.87. The summed E-state index contributed by atoms with van der Waals surface area (Å²) < 4.78 is 19.2. The lowest BCUT2D eigenvalue weighted by atomic mass is 10.1. The van der Waals surface area contributed by atoms with Crippen LogP contribution in [0.4, 0.5) is 10.1 Å². The first-order valence-corrected chi connectivity index (χ1v) is 14.3. The Labute approximate surface area is 255 Å². The maximum absolute atomic E-state index is 13.6. The highest BCUT2D eigenvalue weighted by molar-refractivity contribution is 6.45. The van der Waals surface area contributed by atoms with Crippen molar-refractivity contribution < 1.29 is 18.7 Å². The Morgan fingerprint density at radius 3 is 2.61 bits per heavy atom. The molecule has 2 amide bonds. The quantitative estimate of drug-likeness (QED) is 0.150. The van der Waals surface area contributed by atoms with Gasteiger partial charge in [0.2, 0.25) is 5.91 Å². The molecule has 1 aliphatic carbocycles. The van der Waals surface area contributed by atoms with Crippen LogP contribution in [0.25, 0.3) is 5.70 Å². The van der Waals surface area contributed by atoms with E-state index in [0.717, 1.165) is 31.6 Å². The van der Waals surface area contributed by atoms with E-state index in [9.17, 15) is 14.0 Å². The van der Waals surface area contributed by atoms with E-state index in [2.05, 4.69) is 30.8 Å². The molecule has 0 spiro atoms. The van der Waals surface area contributed by atoms with Gasteiger partial charge < -0.3 is 26.4 Å². The third kappa shape index (κ3) is 8.34. The third-order valence-corrected chi connectivity index (χ3v) is 7.13. The Morgan fingerprint density at radius 1 is 1.23 bits per heavy atom. The number of hydrogen-bond acceptors (Lipinski definition) is 10. The second kappa shape index (κ2) is 14.5. The fraction of sp³-hybridized carbons (Fsp3) is 0.355. The number of nitrogens with two attached hydrogens (primary N) is 1. The largest absolute Gasteiger partial charge is 0.494 e. The van der Waals surface area contributed by atoms with Crippen LogP contribution in [0.1, 0.15) is 42.9 Å². The Kier molecular flexibility index (Phi) is 10.6. The number of nitrogens with one attached hydrogen (secondary N) is 5. The van der Waals surface area contributed by atoms with E-state index in [1.54, 1.807) is 36.6 Å². The van der Waals surface area contributed by atoms with E-state index in [1.165, 1.54) is 27.2 Å². The van der Waals surface area contributed by atoms with Gasteiger partial charge in [-0.2, -0.15) is 0 Å². The van der Waals surface area contributed by atoms with Crippen molar-refractivity contribution in [3.05, 3.63) is 71.2 Å². The second-order valence-electron chi connectivity index (χ2n) is 10.6. The molecular weight excluding hydrogens is 565 g/mol. The summed E-state index contributed by atoms with van der Waals surface area (Å²) in [5.41, 5.74) is 8.53. The van der Waals surface area contributed by atoms with Gasteiger partial charge in [-0.25, -0.2) is 4.39 Å². The molecule has 1 aromatic carbocycles. The van der Waals surface area contributed by atoms with Crippen molar-refractivity contribution in [3.63, 3.8) is 0 Å².